The molecule has 0 fully saturated rings. The smallest absolute Gasteiger partial charge is 0.315 e. The third-order valence-corrected chi connectivity index (χ3v) is 5.10. The van der Waals surface area contributed by atoms with E-state index >= 15 is 0 Å². The van der Waals surface area contributed by atoms with Crippen LogP contribution in [0.2, 0.25) is 0 Å². The monoisotopic (exact) mass is 391 g/mol. The van der Waals surface area contributed by atoms with Crippen LogP contribution in [0, 0.1) is 6.92 Å². The second-order valence-electron chi connectivity index (χ2n) is 6.30. The van der Waals surface area contributed by atoms with Crippen molar-refractivity contribution in [3.05, 3.63) is 59.2 Å². The molecule has 146 valence electrons. The zero-order chi connectivity index (χ0) is 20.0. The third-order valence-electron chi connectivity index (χ3n) is 4.17. The van der Waals surface area contributed by atoms with E-state index in [0.29, 0.717) is 13.0 Å². The van der Waals surface area contributed by atoms with Gasteiger partial charge in [0.15, 0.2) is 0 Å². The highest BCUT2D eigenvalue weighted by molar-refractivity contribution is 7.89. The van der Waals surface area contributed by atoms with E-state index in [-0.39, 0.29) is 17.0 Å². The maximum Gasteiger partial charge on any atom is 0.315 e. The second kappa shape index (κ2) is 8.88. The molecule has 0 saturated carbocycles. The van der Waals surface area contributed by atoms with Gasteiger partial charge in [0, 0.05) is 6.54 Å². The highest BCUT2D eigenvalue weighted by atomic mass is 32.2. The molecule has 0 aromatic heterocycles. The minimum absolute atomic E-state index is 0.0370. The molecular formula is C19H25N3O4S. The molecule has 27 heavy (non-hydrogen) atoms. The zero-order valence-corrected chi connectivity index (χ0v) is 16.5. The van der Waals surface area contributed by atoms with E-state index in [1.165, 1.54) is 12.1 Å². The first-order valence-corrected chi connectivity index (χ1v) is 10.1. The van der Waals surface area contributed by atoms with Gasteiger partial charge in [-0.2, -0.15) is 0 Å². The van der Waals surface area contributed by atoms with Crippen LogP contribution in [0.4, 0.5) is 4.79 Å². The van der Waals surface area contributed by atoms with Gasteiger partial charge >= 0.3 is 6.03 Å². The normalized spacial score (nSPS) is 12.3. The van der Waals surface area contributed by atoms with Crippen molar-refractivity contribution < 1.29 is 17.9 Å². The Labute approximate surface area is 160 Å². The summed E-state index contributed by atoms with van der Waals surface area (Å²) >= 11 is 0. The molecule has 0 aliphatic carbocycles. The third kappa shape index (κ3) is 5.97. The minimum Gasteiger partial charge on any atom is -0.496 e. The van der Waals surface area contributed by atoms with Crippen molar-refractivity contribution in [3.8, 4) is 5.75 Å². The van der Waals surface area contributed by atoms with Crippen LogP contribution in [0.15, 0.2) is 47.4 Å². The van der Waals surface area contributed by atoms with Crippen molar-refractivity contribution in [2.45, 2.75) is 31.2 Å². The standard InChI is InChI=1S/C19H25N3O4S/c1-13-4-9-18(26-3)16(12-13)10-11-21-19(23)22-14(2)15-5-7-17(8-6-15)27(20,24)25/h4-9,12,14H,10-11H2,1-3H3,(H2,20,24,25)(H2,21,22,23)/t14-/m1/s1. The first kappa shape index (κ1) is 20.7. The Kier molecular flexibility index (Phi) is 6.81. The van der Waals surface area contributed by atoms with Gasteiger partial charge in [0.05, 0.1) is 18.0 Å². The van der Waals surface area contributed by atoms with Crippen LogP contribution in [0.5, 0.6) is 5.75 Å². The summed E-state index contributed by atoms with van der Waals surface area (Å²) in [6, 6.07) is 11.4. The number of carbonyl (C=O) groups is 1. The van der Waals surface area contributed by atoms with E-state index in [1.807, 2.05) is 32.0 Å². The number of hydrogen-bond acceptors (Lipinski definition) is 4. The molecule has 2 aromatic rings. The average molecular weight is 391 g/mol. The molecule has 7 nitrogen and oxygen atoms in total. The van der Waals surface area contributed by atoms with Gasteiger partial charge in [0.2, 0.25) is 10.0 Å². The van der Waals surface area contributed by atoms with Crippen LogP contribution < -0.4 is 20.5 Å². The average Bonchev–Trinajstić information content (AvgIpc) is 2.61. The fourth-order valence-electron chi connectivity index (χ4n) is 2.69. The lowest BCUT2D eigenvalue weighted by atomic mass is 10.1. The Balaban J connectivity index is 1.87. The maximum atomic E-state index is 12.1. The highest BCUT2D eigenvalue weighted by Crippen LogP contribution is 2.20. The van der Waals surface area contributed by atoms with Crippen LogP contribution in [0.1, 0.15) is 29.7 Å². The lowest BCUT2D eigenvalue weighted by molar-refractivity contribution is 0.238. The molecule has 0 unspecified atom stereocenters. The molecule has 0 bridgehead atoms. The minimum atomic E-state index is -3.73. The summed E-state index contributed by atoms with van der Waals surface area (Å²) < 4.78 is 27.9. The molecule has 2 rings (SSSR count). The molecule has 0 aliphatic heterocycles. The predicted molar refractivity (Wildman–Crippen MR) is 104 cm³/mol. The molecule has 2 amide bonds. The molecule has 0 heterocycles. The number of sulfonamides is 1. The molecule has 0 spiro atoms. The lowest BCUT2D eigenvalue weighted by Crippen LogP contribution is -2.38. The number of amides is 2. The van der Waals surface area contributed by atoms with Crippen LogP contribution in [0.3, 0.4) is 0 Å². The summed E-state index contributed by atoms with van der Waals surface area (Å²) in [5.41, 5.74) is 2.94. The quantitative estimate of drug-likeness (QED) is 0.672. The fraction of sp³-hybridized carbons (Fsp3) is 0.316. The number of methoxy groups -OCH3 is 1. The first-order chi connectivity index (χ1) is 12.7. The van der Waals surface area contributed by atoms with Gasteiger partial charge in [-0.25, -0.2) is 18.4 Å². The molecule has 0 radical (unpaired) electrons. The maximum absolute atomic E-state index is 12.1. The molecule has 4 N–H and O–H groups in total. The molecule has 0 saturated heterocycles. The van der Waals surface area contributed by atoms with Gasteiger partial charge in [-0.3, -0.25) is 0 Å². The van der Waals surface area contributed by atoms with Crippen molar-refractivity contribution in [2.24, 2.45) is 5.14 Å². The second-order valence-corrected chi connectivity index (χ2v) is 7.86. The van der Waals surface area contributed by atoms with Gasteiger partial charge in [-0.05, 0) is 49.6 Å². The van der Waals surface area contributed by atoms with Crippen molar-refractivity contribution >= 4 is 16.1 Å². The van der Waals surface area contributed by atoms with Gasteiger partial charge in [-0.15, -0.1) is 0 Å². The van der Waals surface area contributed by atoms with Crippen LogP contribution in [-0.4, -0.2) is 28.1 Å². The molecule has 8 heteroatoms. The van der Waals surface area contributed by atoms with E-state index in [2.05, 4.69) is 10.6 Å². The topological polar surface area (TPSA) is 111 Å². The number of carbonyl (C=O) groups excluding carboxylic acids is 1. The largest absolute Gasteiger partial charge is 0.496 e. The summed E-state index contributed by atoms with van der Waals surface area (Å²) in [6.07, 6.45) is 0.649. The van der Waals surface area contributed by atoms with E-state index in [1.54, 1.807) is 19.2 Å². The Morgan fingerprint density at radius 3 is 2.44 bits per heavy atom. The summed E-state index contributed by atoms with van der Waals surface area (Å²) in [7, 11) is -2.10. The van der Waals surface area contributed by atoms with E-state index in [0.717, 1.165) is 22.4 Å². The van der Waals surface area contributed by atoms with Crippen LogP contribution >= 0.6 is 0 Å². The number of primary sulfonamides is 1. The van der Waals surface area contributed by atoms with Crippen molar-refractivity contribution in [3.63, 3.8) is 0 Å². The SMILES string of the molecule is COc1ccc(C)cc1CCNC(=O)N[C@H](C)c1ccc(S(N)(=O)=O)cc1. The zero-order valence-electron chi connectivity index (χ0n) is 15.7. The highest BCUT2D eigenvalue weighted by Gasteiger charge is 2.12. The first-order valence-electron chi connectivity index (χ1n) is 8.51. The lowest BCUT2D eigenvalue weighted by Gasteiger charge is -2.16. The summed E-state index contributed by atoms with van der Waals surface area (Å²) in [5, 5.41) is 10.7. The summed E-state index contributed by atoms with van der Waals surface area (Å²) in [6.45, 7) is 4.28. The van der Waals surface area contributed by atoms with Crippen molar-refractivity contribution in [2.75, 3.05) is 13.7 Å². The van der Waals surface area contributed by atoms with Crippen molar-refractivity contribution in [1.29, 1.82) is 0 Å². The van der Waals surface area contributed by atoms with Crippen molar-refractivity contribution in [1.82, 2.24) is 10.6 Å². The summed E-state index contributed by atoms with van der Waals surface area (Å²) in [4.78, 5) is 12.1. The number of hydrogen-bond donors (Lipinski definition) is 3. The fourth-order valence-corrected chi connectivity index (χ4v) is 3.21. The van der Waals surface area contributed by atoms with Crippen LogP contribution in [-0.2, 0) is 16.4 Å². The molecular weight excluding hydrogens is 366 g/mol. The number of nitrogens with two attached hydrogens (primary N) is 1. The number of urea groups is 1. The van der Waals surface area contributed by atoms with Gasteiger partial charge in [-0.1, -0.05) is 29.8 Å². The summed E-state index contributed by atoms with van der Waals surface area (Å²) in [5.74, 6) is 0.797. The van der Waals surface area contributed by atoms with Gasteiger partial charge in [0.1, 0.15) is 5.75 Å². The number of ether oxygens (including phenoxy) is 1. The van der Waals surface area contributed by atoms with Crippen LogP contribution in [0.25, 0.3) is 0 Å². The predicted octanol–water partition coefficient (Wildman–Crippen LogP) is 2.25. The Morgan fingerprint density at radius 2 is 1.85 bits per heavy atom. The molecule has 2 aromatic carbocycles. The van der Waals surface area contributed by atoms with E-state index in [9.17, 15) is 13.2 Å². The number of benzene rings is 2. The Bertz CT molecular complexity index is 896. The Hall–Kier alpha value is -2.58. The molecule has 1 atom stereocenters. The van der Waals surface area contributed by atoms with E-state index in [4.69, 9.17) is 9.88 Å². The molecule has 0 aliphatic rings. The Morgan fingerprint density at radius 1 is 1.19 bits per heavy atom. The van der Waals surface area contributed by atoms with Gasteiger partial charge < -0.3 is 15.4 Å². The van der Waals surface area contributed by atoms with Gasteiger partial charge in [0.25, 0.3) is 0 Å². The number of nitrogens with one attached hydrogen (secondary N) is 2. The number of aryl methyl sites for hydroxylation is 1. The number of rotatable bonds is 7. The van der Waals surface area contributed by atoms with E-state index < -0.39 is 10.0 Å².